The number of hydrogen-bond donors (Lipinski definition) is 4. The normalized spacial score (nSPS) is 12.9. The van der Waals surface area contributed by atoms with Crippen LogP contribution in [0.5, 0.6) is 0 Å². The van der Waals surface area contributed by atoms with Crippen LogP contribution in [0.1, 0.15) is 45.2 Å². The van der Waals surface area contributed by atoms with Crippen LogP contribution in [-0.4, -0.2) is 36.3 Å². The Morgan fingerprint density at radius 2 is 2.03 bits per heavy atom. The van der Waals surface area contributed by atoms with Crippen molar-refractivity contribution in [3.05, 3.63) is 35.7 Å². The van der Waals surface area contributed by atoms with Crippen molar-refractivity contribution in [2.24, 2.45) is 0 Å². The lowest BCUT2D eigenvalue weighted by Crippen LogP contribution is -2.29. The molecule has 8 nitrogen and oxygen atoms in total. The minimum atomic E-state index is -0.772. The molecule has 8 heteroatoms. The first-order valence-corrected chi connectivity index (χ1v) is 9.97. The molecule has 0 aliphatic carbocycles. The molecule has 3 rings (SSSR count). The number of nitrogen functional groups attached to an aromatic ring is 1. The van der Waals surface area contributed by atoms with E-state index in [4.69, 9.17) is 5.73 Å². The van der Waals surface area contributed by atoms with Crippen LogP contribution in [0.3, 0.4) is 0 Å². The van der Waals surface area contributed by atoms with Gasteiger partial charge in [-0.1, -0.05) is 17.7 Å². The molecule has 1 unspecified atom stereocenters. The maximum atomic E-state index is 10.1. The summed E-state index contributed by atoms with van der Waals surface area (Å²) >= 11 is 0. The van der Waals surface area contributed by atoms with Gasteiger partial charge in [0.2, 0.25) is 5.95 Å². The van der Waals surface area contributed by atoms with E-state index in [1.807, 2.05) is 37.5 Å². The Hall–Kier alpha value is -2.87. The van der Waals surface area contributed by atoms with Crippen molar-refractivity contribution in [2.75, 3.05) is 16.4 Å². The van der Waals surface area contributed by atoms with E-state index >= 15 is 0 Å². The summed E-state index contributed by atoms with van der Waals surface area (Å²) in [5.74, 6) is 1.16. The molecule has 0 fully saturated rings. The lowest BCUT2D eigenvalue weighted by molar-refractivity contribution is 0.0672. The van der Waals surface area contributed by atoms with Crippen LogP contribution in [0, 0.1) is 6.92 Å². The molecule has 156 valence electrons. The molecule has 1 atom stereocenters. The van der Waals surface area contributed by atoms with Gasteiger partial charge in [-0.15, -0.1) is 0 Å². The maximum Gasteiger partial charge on any atom is 0.226 e. The van der Waals surface area contributed by atoms with E-state index in [9.17, 15) is 5.11 Å². The zero-order valence-corrected chi connectivity index (χ0v) is 17.8. The number of nitrogens with one attached hydrogen (secondary N) is 2. The fraction of sp³-hybridized carbons (Fsp3) is 0.476. The molecule has 0 amide bonds. The predicted octanol–water partition coefficient (Wildman–Crippen LogP) is 3.31. The van der Waals surface area contributed by atoms with Crippen LogP contribution in [0.2, 0.25) is 0 Å². The van der Waals surface area contributed by atoms with Crippen molar-refractivity contribution in [1.29, 1.82) is 0 Å². The van der Waals surface area contributed by atoms with Crippen LogP contribution in [0.25, 0.3) is 11.2 Å². The Bertz CT molecular complexity index is 991. The average molecular weight is 398 g/mol. The Balaban J connectivity index is 1.90. The van der Waals surface area contributed by atoms with Crippen molar-refractivity contribution in [3.63, 3.8) is 0 Å². The highest BCUT2D eigenvalue weighted by Crippen LogP contribution is 2.24. The Kier molecular flexibility index (Phi) is 5.93. The molecule has 0 bridgehead atoms. The molecular weight excluding hydrogens is 366 g/mol. The highest BCUT2D eigenvalue weighted by atomic mass is 16.3. The third-order valence-corrected chi connectivity index (χ3v) is 4.73. The van der Waals surface area contributed by atoms with Crippen LogP contribution >= 0.6 is 0 Å². The second-order valence-corrected chi connectivity index (χ2v) is 8.22. The fourth-order valence-corrected chi connectivity index (χ4v) is 3.45. The van der Waals surface area contributed by atoms with Crippen molar-refractivity contribution < 1.29 is 5.11 Å². The highest BCUT2D eigenvalue weighted by molar-refractivity contribution is 5.84. The monoisotopic (exact) mass is 397 g/mol. The highest BCUT2D eigenvalue weighted by Gasteiger charge is 2.19. The lowest BCUT2D eigenvalue weighted by Gasteiger charge is -2.23. The first kappa shape index (κ1) is 20.9. The van der Waals surface area contributed by atoms with Gasteiger partial charge in [-0.3, -0.25) is 0 Å². The summed E-state index contributed by atoms with van der Waals surface area (Å²) in [6, 6.07) is 5.98. The number of aliphatic hydroxyl groups is 1. The topological polar surface area (TPSA) is 114 Å². The molecule has 0 saturated heterocycles. The van der Waals surface area contributed by atoms with Gasteiger partial charge in [0.1, 0.15) is 0 Å². The number of nitrogens with zero attached hydrogens (tertiary/aromatic N) is 4. The number of nitrogens with two attached hydrogens (primary N) is 1. The molecule has 1 aromatic carbocycles. The fourth-order valence-electron chi connectivity index (χ4n) is 3.45. The third kappa shape index (κ3) is 5.14. The van der Waals surface area contributed by atoms with E-state index in [-0.39, 0.29) is 6.04 Å². The number of hydrogen-bond acceptors (Lipinski definition) is 7. The SMILES string of the molecule is CCn1cnc2c(NCc3cc(C)ccc3N)nc(NC(C)CC(C)(C)O)nc21. The zero-order chi connectivity index (χ0) is 21.2. The number of aromatic nitrogens is 4. The Labute approximate surface area is 171 Å². The standard InChI is InChI=1S/C21H31N7O/c1-6-28-12-24-17-18(23-11-15-9-13(2)7-8-16(15)22)26-20(27-19(17)28)25-14(3)10-21(4,5)29/h7-9,12,14,29H,6,10-11,22H2,1-5H3,(H2,23,25,26,27). The molecule has 29 heavy (non-hydrogen) atoms. The Morgan fingerprint density at radius 3 is 2.72 bits per heavy atom. The molecule has 0 saturated carbocycles. The lowest BCUT2D eigenvalue weighted by atomic mass is 10.0. The van der Waals surface area contributed by atoms with Gasteiger partial charge in [-0.05, 0) is 52.7 Å². The van der Waals surface area contributed by atoms with Gasteiger partial charge < -0.3 is 26.0 Å². The summed E-state index contributed by atoms with van der Waals surface area (Å²) in [7, 11) is 0. The van der Waals surface area contributed by atoms with Crippen LogP contribution in [-0.2, 0) is 13.1 Å². The summed E-state index contributed by atoms with van der Waals surface area (Å²) < 4.78 is 1.98. The van der Waals surface area contributed by atoms with Crippen LogP contribution in [0.15, 0.2) is 24.5 Å². The first-order valence-electron chi connectivity index (χ1n) is 9.97. The van der Waals surface area contributed by atoms with E-state index in [0.717, 1.165) is 34.5 Å². The summed E-state index contributed by atoms with van der Waals surface area (Å²) in [5.41, 5.74) is 9.74. The average Bonchev–Trinajstić information content (AvgIpc) is 3.03. The summed E-state index contributed by atoms with van der Waals surface area (Å²) in [6.45, 7) is 11.0. The molecule has 0 radical (unpaired) electrons. The molecule has 2 aromatic heterocycles. The molecule has 0 spiro atoms. The number of benzene rings is 1. The van der Waals surface area contributed by atoms with Crippen molar-refractivity contribution in [1.82, 2.24) is 19.5 Å². The van der Waals surface area contributed by atoms with Gasteiger partial charge >= 0.3 is 0 Å². The van der Waals surface area contributed by atoms with E-state index in [1.54, 1.807) is 20.2 Å². The second kappa shape index (κ2) is 8.24. The number of fused-ring (bicyclic) bond motifs is 1. The summed E-state index contributed by atoms with van der Waals surface area (Å²) in [4.78, 5) is 13.8. The second-order valence-electron chi connectivity index (χ2n) is 8.22. The van der Waals surface area contributed by atoms with E-state index in [1.165, 1.54) is 0 Å². The summed E-state index contributed by atoms with van der Waals surface area (Å²) in [6.07, 6.45) is 2.35. The molecule has 2 heterocycles. The van der Waals surface area contributed by atoms with Crippen molar-refractivity contribution in [2.45, 2.75) is 65.8 Å². The van der Waals surface area contributed by atoms with Crippen molar-refractivity contribution >= 4 is 28.6 Å². The molecule has 0 aliphatic heterocycles. The number of anilines is 3. The quantitative estimate of drug-likeness (QED) is 0.431. The predicted molar refractivity (Wildman–Crippen MR) is 118 cm³/mol. The maximum absolute atomic E-state index is 10.1. The van der Waals surface area contributed by atoms with Crippen LogP contribution < -0.4 is 16.4 Å². The van der Waals surface area contributed by atoms with Crippen molar-refractivity contribution in [3.8, 4) is 0 Å². The largest absolute Gasteiger partial charge is 0.398 e. The van der Waals surface area contributed by atoms with Gasteiger partial charge in [0.15, 0.2) is 17.0 Å². The molecule has 5 N–H and O–H groups in total. The van der Waals surface area contributed by atoms with E-state index in [0.29, 0.717) is 24.7 Å². The van der Waals surface area contributed by atoms with Crippen LogP contribution in [0.4, 0.5) is 17.5 Å². The summed E-state index contributed by atoms with van der Waals surface area (Å²) in [5, 5.41) is 16.8. The third-order valence-electron chi connectivity index (χ3n) is 4.73. The first-order chi connectivity index (χ1) is 13.7. The number of imidazole rings is 1. The number of aryl methyl sites for hydroxylation is 2. The zero-order valence-electron chi connectivity index (χ0n) is 17.8. The molecular formula is C21H31N7O. The van der Waals surface area contributed by atoms with Gasteiger partial charge in [0, 0.05) is 24.8 Å². The van der Waals surface area contributed by atoms with E-state index in [2.05, 4.69) is 31.7 Å². The van der Waals surface area contributed by atoms with Gasteiger partial charge in [-0.2, -0.15) is 9.97 Å². The van der Waals surface area contributed by atoms with Gasteiger partial charge in [-0.25, -0.2) is 4.98 Å². The Morgan fingerprint density at radius 1 is 1.28 bits per heavy atom. The minimum Gasteiger partial charge on any atom is -0.398 e. The molecule has 3 aromatic rings. The molecule has 0 aliphatic rings. The smallest absolute Gasteiger partial charge is 0.226 e. The van der Waals surface area contributed by atoms with Gasteiger partial charge in [0.25, 0.3) is 0 Å². The van der Waals surface area contributed by atoms with Gasteiger partial charge in [0.05, 0.1) is 11.9 Å². The minimum absolute atomic E-state index is 0.00529. The number of rotatable bonds is 8. The van der Waals surface area contributed by atoms with E-state index < -0.39 is 5.60 Å².